The van der Waals surface area contributed by atoms with Crippen molar-refractivity contribution < 1.29 is 23.5 Å². The molecule has 1 aliphatic rings. The first kappa shape index (κ1) is 19.4. The molecule has 7 nitrogen and oxygen atoms in total. The third-order valence-electron chi connectivity index (χ3n) is 4.28. The van der Waals surface area contributed by atoms with E-state index in [1.165, 1.54) is 18.4 Å². The molecule has 0 bridgehead atoms. The lowest BCUT2D eigenvalue weighted by Gasteiger charge is -2.08. The predicted octanol–water partition coefficient (Wildman–Crippen LogP) is 3.36. The van der Waals surface area contributed by atoms with Crippen molar-refractivity contribution in [3.05, 3.63) is 73.2 Å². The zero-order chi connectivity index (χ0) is 20.5. The van der Waals surface area contributed by atoms with Crippen LogP contribution in [-0.2, 0) is 14.3 Å². The molecule has 1 saturated heterocycles. The molecule has 1 aliphatic heterocycles. The number of hydrogen-bond acceptors (Lipinski definition) is 6. The molecule has 0 unspecified atom stereocenters. The average molecular weight is 520 g/mol. The van der Waals surface area contributed by atoms with E-state index in [2.05, 4.69) is 33.4 Å². The molecule has 1 fully saturated rings. The summed E-state index contributed by atoms with van der Waals surface area (Å²) in [4.78, 5) is 37.0. The molecule has 2 aromatic heterocycles. The summed E-state index contributed by atoms with van der Waals surface area (Å²) in [5.74, 6) is -0.757. The molecule has 0 radical (unpaired) electrons. The van der Waals surface area contributed by atoms with Gasteiger partial charge in [-0.05, 0) is 63.9 Å². The van der Waals surface area contributed by atoms with Gasteiger partial charge in [0.05, 0.1) is 7.11 Å². The molecule has 4 rings (SSSR count). The highest BCUT2D eigenvalue weighted by atomic mass is 127. The molecule has 2 N–H and O–H groups in total. The van der Waals surface area contributed by atoms with E-state index in [1.807, 2.05) is 24.3 Å². The second-order valence-corrected chi connectivity index (χ2v) is 8.15. The maximum atomic E-state index is 12.3. The number of thiophene rings is 1. The van der Waals surface area contributed by atoms with E-state index in [-0.39, 0.29) is 5.57 Å². The van der Waals surface area contributed by atoms with E-state index < -0.39 is 17.8 Å². The first-order chi connectivity index (χ1) is 14.0. The molecule has 29 heavy (non-hydrogen) atoms. The summed E-state index contributed by atoms with van der Waals surface area (Å²) in [5, 5.41) is 1.76. The number of furan rings is 1. The number of carbonyl (C=O) groups excluding carboxylic acids is 3. The highest BCUT2D eigenvalue weighted by molar-refractivity contribution is 14.1. The van der Waals surface area contributed by atoms with Crippen molar-refractivity contribution in [2.24, 2.45) is 0 Å². The van der Waals surface area contributed by atoms with Crippen molar-refractivity contribution >= 4 is 57.3 Å². The molecule has 0 spiro atoms. The Morgan fingerprint density at radius 3 is 2.38 bits per heavy atom. The molecule has 0 atom stereocenters. The van der Waals surface area contributed by atoms with Crippen LogP contribution in [0.1, 0.15) is 21.0 Å². The molecule has 2 amide bonds. The summed E-state index contributed by atoms with van der Waals surface area (Å²) < 4.78 is 11.8. The maximum absolute atomic E-state index is 12.3. The third kappa shape index (κ3) is 3.58. The van der Waals surface area contributed by atoms with Gasteiger partial charge in [-0.2, -0.15) is 0 Å². The number of nitrogens with one attached hydrogen (secondary N) is 2. The minimum atomic E-state index is -0.535. The number of amides is 2. The van der Waals surface area contributed by atoms with Crippen LogP contribution in [0.15, 0.2) is 57.8 Å². The Morgan fingerprint density at radius 1 is 1.03 bits per heavy atom. The van der Waals surface area contributed by atoms with Gasteiger partial charge >= 0.3 is 5.97 Å². The first-order valence-corrected chi connectivity index (χ1v) is 10.3. The maximum Gasteiger partial charge on any atom is 0.348 e. The van der Waals surface area contributed by atoms with Crippen LogP contribution in [-0.4, -0.2) is 24.9 Å². The number of esters is 1. The van der Waals surface area contributed by atoms with Gasteiger partial charge in [-0.3, -0.25) is 20.4 Å². The standard InChI is InChI=1S/C20H13IN2O5S/c1-27-20(26)17-12(8-9-29-17)13-6-7-14(28-13)15(10-2-4-11(21)5-3-10)16-18(24)22-23-19(16)25/h2-9H,1H3,(H,22,24)(H,23,25). The number of hydrazine groups is 1. The van der Waals surface area contributed by atoms with Crippen molar-refractivity contribution in [2.75, 3.05) is 7.11 Å². The molecule has 9 heteroatoms. The Balaban J connectivity index is 1.86. The average Bonchev–Trinajstić information content (AvgIpc) is 3.45. The van der Waals surface area contributed by atoms with Gasteiger partial charge in [-0.1, -0.05) is 12.1 Å². The fraction of sp³-hybridized carbons (Fsp3) is 0.0500. The number of benzene rings is 1. The van der Waals surface area contributed by atoms with E-state index >= 15 is 0 Å². The Kier molecular flexibility index (Phi) is 5.24. The summed E-state index contributed by atoms with van der Waals surface area (Å²) in [6.45, 7) is 0. The van der Waals surface area contributed by atoms with E-state index in [4.69, 9.17) is 9.15 Å². The molecular formula is C20H13IN2O5S. The van der Waals surface area contributed by atoms with Crippen LogP contribution in [0.2, 0.25) is 0 Å². The topological polar surface area (TPSA) is 97.6 Å². The quantitative estimate of drug-likeness (QED) is 0.238. The normalized spacial score (nSPS) is 13.2. The van der Waals surface area contributed by atoms with Crippen LogP contribution in [0.5, 0.6) is 0 Å². The summed E-state index contributed by atoms with van der Waals surface area (Å²) in [7, 11) is 1.32. The van der Waals surface area contributed by atoms with Gasteiger partial charge in [0.25, 0.3) is 11.8 Å². The number of rotatable bonds is 4. The van der Waals surface area contributed by atoms with E-state index in [9.17, 15) is 14.4 Å². The van der Waals surface area contributed by atoms with Crippen molar-refractivity contribution in [1.29, 1.82) is 0 Å². The van der Waals surface area contributed by atoms with Crippen molar-refractivity contribution in [1.82, 2.24) is 10.9 Å². The fourth-order valence-corrected chi connectivity index (χ4v) is 4.14. The number of carbonyl (C=O) groups is 3. The van der Waals surface area contributed by atoms with Gasteiger partial charge in [0.2, 0.25) is 0 Å². The molecule has 0 aliphatic carbocycles. The van der Waals surface area contributed by atoms with Crippen LogP contribution in [0.4, 0.5) is 0 Å². The van der Waals surface area contributed by atoms with E-state index in [0.29, 0.717) is 33.1 Å². The zero-order valence-electron chi connectivity index (χ0n) is 14.9. The smallest absolute Gasteiger partial charge is 0.348 e. The summed E-state index contributed by atoms with van der Waals surface area (Å²) >= 11 is 3.42. The number of methoxy groups -OCH3 is 1. The van der Waals surface area contributed by atoms with Gasteiger partial charge in [0.15, 0.2) is 0 Å². The van der Waals surface area contributed by atoms with E-state index in [0.717, 1.165) is 3.57 Å². The predicted molar refractivity (Wildman–Crippen MR) is 115 cm³/mol. The fourth-order valence-electron chi connectivity index (χ4n) is 2.97. The highest BCUT2D eigenvalue weighted by Crippen LogP contribution is 2.35. The summed E-state index contributed by atoms with van der Waals surface area (Å²) in [6, 6.07) is 12.5. The molecular weight excluding hydrogens is 507 g/mol. The minimum Gasteiger partial charge on any atom is -0.465 e. The SMILES string of the molecule is COC(=O)c1sccc1-c1ccc(C(=C2C(=O)NNC2=O)c2ccc(I)cc2)o1. The van der Waals surface area contributed by atoms with Gasteiger partial charge in [0, 0.05) is 14.7 Å². The van der Waals surface area contributed by atoms with Crippen molar-refractivity contribution in [3.8, 4) is 11.3 Å². The molecule has 3 heterocycles. The third-order valence-corrected chi connectivity index (χ3v) is 5.89. The van der Waals surface area contributed by atoms with Gasteiger partial charge in [-0.25, -0.2) is 4.79 Å². The summed E-state index contributed by atoms with van der Waals surface area (Å²) in [5.41, 5.74) is 6.21. The van der Waals surface area contributed by atoms with Crippen LogP contribution < -0.4 is 10.9 Å². The Bertz CT molecular complexity index is 1140. The Morgan fingerprint density at radius 2 is 1.72 bits per heavy atom. The number of hydrogen-bond donors (Lipinski definition) is 2. The van der Waals surface area contributed by atoms with Gasteiger partial charge in [0.1, 0.15) is 22.0 Å². The highest BCUT2D eigenvalue weighted by Gasteiger charge is 2.32. The monoisotopic (exact) mass is 520 g/mol. The molecule has 3 aromatic rings. The van der Waals surface area contributed by atoms with Gasteiger partial charge < -0.3 is 9.15 Å². The van der Waals surface area contributed by atoms with Gasteiger partial charge in [-0.15, -0.1) is 11.3 Å². The molecule has 1 aromatic carbocycles. The molecule has 0 saturated carbocycles. The van der Waals surface area contributed by atoms with Crippen LogP contribution in [0.25, 0.3) is 16.9 Å². The van der Waals surface area contributed by atoms with Crippen molar-refractivity contribution in [2.45, 2.75) is 0 Å². The largest absolute Gasteiger partial charge is 0.465 e. The molecule has 146 valence electrons. The number of ether oxygens (including phenoxy) is 1. The second-order valence-electron chi connectivity index (χ2n) is 5.98. The van der Waals surface area contributed by atoms with Crippen LogP contribution in [0, 0.1) is 3.57 Å². The van der Waals surface area contributed by atoms with E-state index in [1.54, 1.807) is 23.6 Å². The van der Waals surface area contributed by atoms with Crippen LogP contribution in [0.3, 0.4) is 0 Å². The first-order valence-electron chi connectivity index (χ1n) is 8.37. The summed E-state index contributed by atoms with van der Waals surface area (Å²) in [6.07, 6.45) is 0. The number of halogens is 1. The minimum absolute atomic E-state index is 0.0365. The lowest BCUT2D eigenvalue weighted by molar-refractivity contribution is -0.117. The van der Waals surface area contributed by atoms with Crippen molar-refractivity contribution in [3.63, 3.8) is 0 Å². The second kappa shape index (κ2) is 7.84. The lowest BCUT2D eigenvalue weighted by Crippen LogP contribution is -2.28. The van der Waals surface area contributed by atoms with Crippen LogP contribution >= 0.6 is 33.9 Å². The zero-order valence-corrected chi connectivity index (χ0v) is 17.9. The Labute approximate surface area is 182 Å². The lowest BCUT2D eigenvalue weighted by atomic mass is 9.97. The Hall–Kier alpha value is -2.92.